The molecule has 0 spiro atoms. The minimum absolute atomic E-state index is 0.117. The first-order valence-electron chi connectivity index (χ1n) is 11.6. The van der Waals surface area contributed by atoms with Crippen LogP contribution in [0.1, 0.15) is 62.1 Å². The van der Waals surface area contributed by atoms with E-state index in [4.69, 9.17) is 17.7 Å². The molecule has 34 heavy (non-hydrogen) atoms. The number of urea groups is 1. The first-order valence-corrected chi connectivity index (χ1v) is 13.1. The molecule has 3 rings (SSSR count). The molecule has 2 aromatic carbocycles. The predicted octanol–water partition coefficient (Wildman–Crippen LogP) is 4.60. The third-order valence-corrected chi connectivity index (χ3v) is 7.07. The van der Waals surface area contributed by atoms with E-state index in [1.54, 1.807) is 26.1 Å². The van der Waals surface area contributed by atoms with Crippen LogP contribution in [0.15, 0.2) is 45.7 Å². The van der Waals surface area contributed by atoms with Crippen molar-refractivity contribution in [3.05, 3.63) is 53.1 Å². The monoisotopic (exact) mass is 482 g/mol. The average molecular weight is 482 g/mol. The first-order chi connectivity index (χ1) is 15.9. The number of rotatable bonds is 8. The summed E-state index contributed by atoms with van der Waals surface area (Å²) >= 11 is 0. The SMILES string of the molecule is [B]C(C)Oc1cc(C(C)C)c(N(C)C(=O)N=S(N)(=O)c2ccc(CN(C)C)cc2)c(C2CC2)c1. The van der Waals surface area contributed by atoms with Crippen molar-refractivity contribution in [2.24, 2.45) is 9.50 Å². The summed E-state index contributed by atoms with van der Waals surface area (Å²) in [6.07, 6.45) is 2.08. The maximum Gasteiger partial charge on any atom is 0.357 e. The van der Waals surface area contributed by atoms with Crippen molar-refractivity contribution in [3.8, 4) is 5.75 Å². The van der Waals surface area contributed by atoms with Crippen LogP contribution in [0, 0.1) is 0 Å². The molecule has 0 saturated heterocycles. The van der Waals surface area contributed by atoms with E-state index in [0.717, 1.165) is 41.8 Å². The number of hydrogen-bond acceptors (Lipinski definition) is 4. The minimum atomic E-state index is -3.40. The van der Waals surface area contributed by atoms with Gasteiger partial charge >= 0.3 is 6.03 Å². The molecule has 1 aliphatic carbocycles. The maximum absolute atomic E-state index is 13.2. The van der Waals surface area contributed by atoms with Crippen LogP contribution in [0.3, 0.4) is 0 Å². The standard InChI is InChI=1S/C25H35BN4O3S/c1-16(2)22-13-20(33-17(3)26)14-23(19-9-10-19)24(22)30(6)25(31)28-34(27,32)21-11-7-18(8-12-21)15-29(4)5/h7-8,11-14,16-17,19H,9-10,15H2,1-6H3,(H2,27,28,31,32). The van der Waals surface area contributed by atoms with Gasteiger partial charge in [-0.2, -0.15) is 0 Å². The van der Waals surface area contributed by atoms with Gasteiger partial charge in [-0.1, -0.05) is 26.0 Å². The molecule has 0 aliphatic heterocycles. The fraction of sp³-hybridized carbons (Fsp3) is 0.480. The molecule has 1 saturated carbocycles. The Morgan fingerprint density at radius 3 is 2.29 bits per heavy atom. The van der Waals surface area contributed by atoms with Gasteiger partial charge in [0.25, 0.3) is 0 Å². The van der Waals surface area contributed by atoms with E-state index in [1.165, 1.54) is 4.90 Å². The Morgan fingerprint density at radius 1 is 1.18 bits per heavy atom. The normalized spacial score (nSPS) is 16.3. The quantitative estimate of drug-likeness (QED) is 0.557. The van der Waals surface area contributed by atoms with Gasteiger partial charge in [-0.3, -0.25) is 4.90 Å². The third-order valence-electron chi connectivity index (χ3n) is 5.70. The van der Waals surface area contributed by atoms with E-state index in [9.17, 15) is 9.00 Å². The van der Waals surface area contributed by atoms with Crippen LogP contribution in [0.5, 0.6) is 5.75 Å². The Balaban J connectivity index is 1.98. The molecule has 0 heterocycles. The van der Waals surface area contributed by atoms with Crippen molar-refractivity contribution in [2.45, 2.75) is 62.9 Å². The molecule has 2 atom stereocenters. The summed E-state index contributed by atoms with van der Waals surface area (Å²) in [6, 6.07) is 9.83. The Bertz CT molecular complexity index is 1130. The molecule has 2 aromatic rings. The lowest BCUT2D eigenvalue weighted by Gasteiger charge is -2.26. The fourth-order valence-corrected chi connectivity index (χ4v) is 4.93. The van der Waals surface area contributed by atoms with Crippen LogP contribution in [-0.4, -0.2) is 50.1 Å². The summed E-state index contributed by atoms with van der Waals surface area (Å²) in [5.41, 5.74) is 3.80. The number of ether oxygens (including phenoxy) is 1. The molecule has 0 bridgehead atoms. The highest BCUT2D eigenvalue weighted by Crippen LogP contribution is 2.48. The van der Waals surface area contributed by atoms with Crippen molar-refractivity contribution in [1.29, 1.82) is 0 Å². The first kappa shape index (κ1) is 26.3. The molecule has 1 aliphatic rings. The minimum Gasteiger partial charge on any atom is -0.501 e. The van der Waals surface area contributed by atoms with E-state index in [1.807, 2.05) is 43.3 Å². The van der Waals surface area contributed by atoms with Crippen LogP contribution in [-0.2, 0) is 16.5 Å². The molecule has 9 heteroatoms. The zero-order valence-corrected chi connectivity index (χ0v) is 21.8. The molecule has 2 N–H and O–H groups in total. The van der Waals surface area contributed by atoms with Crippen LogP contribution >= 0.6 is 0 Å². The molecule has 7 nitrogen and oxygen atoms in total. The lowest BCUT2D eigenvalue weighted by molar-refractivity contribution is 0.255. The number of amides is 2. The largest absolute Gasteiger partial charge is 0.501 e. The second kappa shape index (κ2) is 10.5. The van der Waals surface area contributed by atoms with E-state index < -0.39 is 21.9 Å². The highest BCUT2D eigenvalue weighted by molar-refractivity contribution is 7.91. The number of benzene rings is 2. The summed E-state index contributed by atoms with van der Waals surface area (Å²) in [4.78, 5) is 17.0. The number of anilines is 1. The zero-order valence-electron chi connectivity index (χ0n) is 20.9. The lowest BCUT2D eigenvalue weighted by atomic mass is 9.94. The van der Waals surface area contributed by atoms with E-state index in [2.05, 4.69) is 18.2 Å². The Kier molecular flexibility index (Phi) is 8.11. The summed E-state index contributed by atoms with van der Waals surface area (Å²) in [7, 11) is 8.04. The number of hydrogen-bond donors (Lipinski definition) is 1. The van der Waals surface area contributed by atoms with Crippen molar-refractivity contribution in [2.75, 3.05) is 26.0 Å². The smallest absolute Gasteiger partial charge is 0.357 e. The second-order valence-electron chi connectivity index (χ2n) is 9.59. The van der Waals surface area contributed by atoms with Gasteiger partial charge in [0.2, 0.25) is 0 Å². The highest BCUT2D eigenvalue weighted by atomic mass is 32.2. The molecular weight excluding hydrogens is 447 g/mol. The number of carbonyl (C=O) groups excluding carboxylic acids is 1. The van der Waals surface area contributed by atoms with E-state index >= 15 is 0 Å². The van der Waals surface area contributed by atoms with Crippen LogP contribution < -0.4 is 14.8 Å². The number of carbonyl (C=O) groups is 1. The number of nitrogens with two attached hydrogens (primary N) is 1. The second-order valence-corrected chi connectivity index (χ2v) is 11.4. The number of nitrogens with zero attached hydrogens (tertiary/aromatic N) is 3. The average Bonchev–Trinajstić information content (AvgIpc) is 3.57. The van der Waals surface area contributed by atoms with Gasteiger partial charge in [-0.15, -0.1) is 4.36 Å². The molecule has 2 radical (unpaired) electrons. The molecule has 1 fully saturated rings. The molecular formula is C25H35BN4O3S. The Morgan fingerprint density at radius 2 is 1.79 bits per heavy atom. The van der Waals surface area contributed by atoms with Gasteiger partial charge in [0.15, 0.2) is 0 Å². The van der Waals surface area contributed by atoms with E-state index in [-0.39, 0.29) is 5.92 Å². The molecule has 0 aromatic heterocycles. The van der Waals surface area contributed by atoms with Gasteiger partial charge in [0.1, 0.15) is 23.5 Å². The Labute approximate surface area is 205 Å². The summed E-state index contributed by atoms with van der Waals surface area (Å²) in [5.74, 6) is 1.14. The zero-order chi connectivity index (χ0) is 25.2. The van der Waals surface area contributed by atoms with Crippen molar-refractivity contribution in [1.82, 2.24) is 4.90 Å². The maximum atomic E-state index is 13.2. The van der Waals surface area contributed by atoms with Gasteiger partial charge in [0, 0.05) is 13.6 Å². The van der Waals surface area contributed by atoms with Gasteiger partial charge in [-0.05, 0) is 86.7 Å². The van der Waals surface area contributed by atoms with Crippen molar-refractivity contribution in [3.63, 3.8) is 0 Å². The summed E-state index contributed by atoms with van der Waals surface area (Å²) in [6.45, 7) is 6.64. The van der Waals surface area contributed by atoms with Crippen LogP contribution in [0.4, 0.5) is 10.5 Å². The Hall–Kier alpha value is -2.36. The topological polar surface area (TPSA) is 88.2 Å². The summed E-state index contributed by atoms with van der Waals surface area (Å²) in [5, 5.41) is 6.06. The van der Waals surface area contributed by atoms with E-state index in [0.29, 0.717) is 16.6 Å². The molecule has 2 amide bonds. The van der Waals surface area contributed by atoms with Gasteiger partial charge < -0.3 is 9.64 Å². The molecule has 2 unspecified atom stereocenters. The fourth-order valence-electron chi connectivity index (χ4n) is 3.95. The van der Waals surface area contributed by atoms with Gasteiger partial charge in [-0.25, -0.2) is 14.1 Å². The molecule has 182 valence electrons. The lowest BCUT2D eigenvalue weighted by Crippen LogP contribution is -2.28. The highest BCUT2D eigenvalue weighted by Gasteiger charge is 2.32. The van der Waals surface area contributed by atoms with Crippen molar-refractivity contribution < 1.29 is 13.7 Å². The predicted molar refractivity (Wildman–Crippen MR) is 139 cm³/mol. The summed E-state index contributed by atoms with van der Waals surface area (Å²) < 4.78 is 23.0. The third kappa shape index (κ3) is 6.40. The van der Waals surface area contributed by atoms with Crippen LogP contribution in [0.2, 0.25) is 0 Å². The van der Waals surface area contributed by atoms with Crippen LogP contribution in [0.25, 0.3) is 0 Å². The van der Waals surface area contributed by atoms with Crippen molar-refractivity contribution >= 4 is 29.5 Å². The van der Waals surface area contributed by atoms with Gasteiger partial charge in [0.05, 0.1) is 16.6 Å².